The molecule has 1 heterocycles. The Morgan fingerprint density at radius 1 is 1.23 bits per heavy atom. The molecule has 0 bridgehead atoms. The molecule has 0 saturated heterocycles. The summed E-state index contributed by atoms with van der Waals surface area (Å²) in [6.07, 6.45) is 5.14. The molecular formula is C19H23Cl2N3O2. The predicted octanol–water partition coefficient (Wildman–Crippen LogP) is 3.43. The second kappa shape index (κ2) is 9.21. The predicted molar refractivity (Wildman–Crippen MR) is 107 cm³/mol. The van der Waals surface area contributed by atoms with Crippen molar-refractivity contribution < 1.29 is 4.79 Å². The highest BCUT2D eigenvalue weighted by Crippen LogP contribution is 2.27. The third kappa shape index (κ3) is 5.10. The van der Waals surface area contributed by atoms with E-state index in [9.17, 15) is 9.59 Å². The second-order valence-electron chi connectivity index (χ2n) is 6.58. The minimum Gasteiger partial charge on any atom is -0.327 e. The van der Waals surface area contributed by atoms with Crippen LogP contribution in [0.25, 0.3) is 0 Å². The SMILES string of the molecule is Cl.N[C@@H]1CCC[C@H]1CC(=O)Nc1ccc(=O)n(Cc2ccccc2Cl)c1. The number of benzene rings is 1. The van der Waals surface area contributed by atoms with Gasteiger partial charge in [-0.15, -0.1) is 12.4 Å². The minimum atomic E-state index is -0.143. The van der Waals surface area contributed by atoms with Gasteiger partial charge in [-0.1, -0.05) is 36.2 Å². The first-order chi connectivity index (χ1) is 12.0. The quantitative estimate of drug-likeness (QED) is 0.813. The van der Waals surface area contributed by atoms with Gasteiger partial charge in [-0.25, -0.2) is 0 Å². The average molecular weight is 396 g/mol. The summed E-state index contributed by atoms with van der Waals surface area (Å²) in [6.45, 7) is 0.357. The molecule has 1 aromatic heterocycles. The van der Waals surface area contributed by atoms with Crippen LogP contribution in [0.2, 0.25) is 5.02 Å². The van der Waals surface area contributed by atoms with Gasteiger partial charge in [-0.2, -0.15) is 0 Å². The molecule has 5 nitrogen and oxygen atoms in total. The molecular weight excluding hydrogens is 373 g/mol. The van der Waals surface area contributed by atoms with Gasteiger partial charge in [-0.3, -0.25) is 9.59 Å². The monoisotopic (exact) mass is 395 g/mol. The van der Waals surface area contributed by atoms with Crippen molar-refractivity contribution in [2.24, 2.45) is 11.7 Å². The van der Waals surface area contributed by atoms with Crippen molar-refractivity contribution in [1.82, 2.24) is 4.57 Å². The fourth-order valence-electron chi connectivity index (χ4n) is 3.31. The highest BCUT2D eigenvalue weighted by atomic mass is 35.5. The van der Waals surface area contributed by atoms with Crippen molar-refractivity contribution in [3.05, 3.63) is 63.5 Å². The Bertz CT molecular complexity index is 822. The Kier molecular flexibility index (Phi) is 7.26. The molecule has 1 amide bonds. The van der Waals surface area contributed by atoms with Crippen molar-refractivity contribution >= 4 is 35.6 Å². The van der Waals surface area contributed by atoms with Crippen LogP contribution in [0.3, 0.4) is 0 Å². The number of carbonyl (C=O) groups excluding carboxylic acids is 1. The number of nitrogens with two attached hydrogens (primary N) is 1. The Labute approximate surface area is 164 Å². The Balaban J connectivity index is 0.00000243. The molecule has 1 aliphatic rings. The van der Waals surface area contributed by atoms with E-state index in [0.29, 0.717) is 23.7 Å². The number of halogens is 2. The molecule has 1 saturated carbocycles. The van der Waals surface area contributed by atoms with E-state index in [1.807, 2.05) is 18.2 Å². The van der Waals surface area contributed by atoms with E-state index in [1.165, 1.54) is 10.6 Å². The van der Waals surface area contributed by atoms with E-state index in [-0.39, 0.29) is 35.8 Å². The molecule has 26 heavy (non-hydrogen) atoms. The lowest BCUT2D eigenvalue weighted by Gasteiger charge is -2.15. The highest BCUT2D eigenvalue weighted by Gasteiger charge is 2.26. The van der Waals surface area contributed by atoms with Gasteiger partial charge in [0.15, 0.2) is 0 Å². The first-order valence-electron chi connectivity index (χ1n) is 8.52. The van der Waals surface area contributed by atoms with Crippen LogP contribution in [0, 0.1) is 5.92 Å². The number of pyridine rings is 1. The number of hydrogen-bond donors (Lipinski definition) is 2. The van der Waals surface area contributed by atoms with Crippen LogP contribution in [-0.2, 0) is 11.3 Å². The van der Waals surface area contributed by atoms with Crippen LogP contribution in [0.15, 0.2) is 47.4 Å². The molecule has 0 aliphatic heterocycles. The van der Waals surface area contributed by atoms with Gasteiger partial charge in [0.05, 0.1) is 12.2 Å². The molecule has 1 fully saturated rings. The van der Waals surface area contributed by atoms with Gasteiger partial charge in [0.25, 0.3) is 5.56 Å². The number of hydrogen-bond acceptors (Lipinski definition) is 3. The van der Waals surface area contributed by atoms with Crippen molar-refractivity contribution in [2.75, 3.05) is 5.32 Å². The van der Waals surface area contributed by atoms with Gasteiger partial charge < -0.3 is 15.6 Å². The Morgan fingerprint density at radius 2 is 2.00 bits per heavy atom. The summed E-state index contributed by atoms with van der Waals surface area (Å²) in [4.78, 5) is 24.3. The molecule has 140 valence electrons. The molecule has 1 aliphatic carbocycles. The highest BCUT2D eigenvalue weighted by molar-refractivity contribution is 6.31. The summed E-state index contributed by atoms with van der Waals surface area (Å²) in [5.74, 6) is 0.180. The van der Waals surface area contributed by atoms with Crippen LogP contribution in [-0.4, -0.2) is 16.5 Å². The zero-order valence-electron chi connectivity index (χ0n) is 14.4. The molecule has 3 rings (SSSR count). The average Bonchev–Trinajstić information content (AvgIpc) is 2.97. The maximum absolute atomic E-state index is 12.2. The molecule has 0 unspecified atom stereocenters. The second-order valence-corrected chi connectivity index (χ2v) is 6.99. The largest absolute Gasteiger partial charge is 0.327 e. The Morgan fingerprint density at radius 3 is 2.69 bits per heavy atom. The van der Waals surface area contributed by atoms with E-state index in [4.69, 9.17) is 17.3 Å². The van der Waals surface area contributed by atoms with Gasteiger partial charge in [0.1, 0.15) is 0 Å². The topological polar surface area (TPSA) is 77.1 Å². The fourth-order valence-corrected chi connectivity index (χ4v) is 3.50. The van der Waals surface area contributed by atoms with Crippen LogP contribution in [0.1, 0.15) is 31.2 Å². The van der Waals surface area contributed by atoms with Gasteiger partial charge in [-0.05, 0) is 36.5 Å². The summed E-state index contributed by atoms with van der Waals surface area (Å²) < 4.78 is 1.54. The van der Waals surface area contributed by atoms with E-state index in [2.05, 4.69) is 5.32 Å². The number of nitrogens with one attached hydrogen (secondary N) is 1. The third-order valence-electron chi connectivity index (χ3n) is 4.73. The molecule has 7 heteroatoms. The van der Waals surface area contributed by atoms with Crippen molar-refractivity contribution in [1.29, 1.82) is 0 Å². The summed E-state index contributed by atoms with van der Waals surface area (Å²) in [6, 6.07) is 10.6. The third-order valence-corrected chi connectivity index (χ3v) is 5.10. The van der Waals surface area contributed by atoms with Crippen molar-refractivity contribution in [3.63, 3.8) is 0 Å². The smallest absolute Gasteiger partial charge is 0.250 e. The molecule has 1 aromatic carbocycles. The maximum Gasteiger partial charge on any atom is 0.250 e. The summed E-state index contributed by atoms with van der Waals surface area (Å²) in [5, 5.41) is 3.48. The number of rotatable bonds is 5. The first-order valence-corrected chi connectivity index (χ1v) is 8.90. The minimum absolute atomic E-state index is 0. The zero-order valence-corrected chi connectivity index (χ0v) is 15.9. The molecule has 2 atom stereocenters. The lowest BCUT2D eigenvalue weighted by molar-refractivity contribution is -0.117. The fraction of sp³-hybridized carbons (Fsp3) is 0.368. The van der Waals surface area contributed by atoms with Gasteiger partial charge >= 0.3 is 0 Å². The summed E-state index contributed by atoms with van der Waals surface area (Å²) in [5.41, 5.74) is 7.34. The maximum atomic E-state index is 12.2. The zero-order chi connectivity index (χ0) is 17.8. The number of amides is 1. The lowest BCUT2D eigenvalue weighted by Crippen LogP contribution is -2.28. The van der Waals surface area contributed by atoms with Crippen molar-refractivity contribution in [2.45, 2.75) is 38.3 Å². The van der Waals surface area contributed by atoms with Crippen LogP contribution < -0.4 is 16.6 Å². The molecule has 0 radical (unpaired) electrons. The van der Waals surface area contributed by atoms with E-state index < -0.39 is 0 Å². The van der Waals surface area contributed by atoms with E-state index >= 15 is 0 Å². The standard InChI is InChI=1S/C19H22ClN3O2.ClH/c20-16-6-2-1-4-14(16)11-23-12-15(8-9-19(23)25)22-18(24)10-13-5-3-7-17(13)21;/h1-2,4,6,8-9,12-13,17H,3,5,7,10-11,21H2,(H,22,24);1H/t13-,17+;/m0./s1. The van der Waals surface area contributed by atoms with Gasteiger partial charge in [0, 0.05) is 29.7 Å². The van der Waals surface area contributed by atoms with Gasteiger partial charge in [0.2, 0.25) is 5.91 Å². The number of anilines is 1. The number of aromatic nitrogens is 1. The Hall–Kier alpha value is -1.82. The molecule has 0 spiro atoms. The summed E-state index contributed by atoms with van der Waals surface area (Å²) in [7, 11) is 0. The lowest BCUT2D eigenvalue weighted by atomic mass is 10.00. The number of carbonyl (C=O) groups is 1. The number of nitrogens with zero attached hydrogens (tertiary/aromatic N) is 1. The van der Waals surface area contributed by atoms with Crippen LogP contribution in [0.5, 0.6) is 0 Å². The van der Waals surface area contributed by atoms with Crippen LogP contribution in [0.4, 0.5) is 5.69 Å². The molecule has 2 aromatic rings. The molecule has 3 N–H and O–H groups in total. The van der Waals surface area contributed by atoms with E-state index in [0.717, 1.165) is 24.8 Å². The summed E-state index contributed by atoms with van der Waals surface area (Å²) >= 11 is 6.16. The first kappa shape index (κ1) is 20.5. The van der Waals surface area contributed by atoms with Crippen molar-refractivity contribution in [3.8, 4) is 0 Å². The van der Waals surface area contributed by atoms with Crippen LogP contribution >= 0.6 is 24.0 Å². The van der Waals surface area contributed by atoms with E-state index in [1.54, 1.807) is 18.3 Å². The normalized spacial score (nSPS) is 19.0.